The highest BCUT2D eigenvalue weighted by Crippen LogP contribution is 2.41. The zero-order chi connectivity index (χ0) is 14.8. The molecule has 1 N–H and O–H groups in total. The molecule has 1 aromatic rings. The molecule has 0 saturated heterocycles. The molecule has 0 aliphatic rings. The second kappa shape index (κ2) is 5.25. The summed E-state index contributed by atoms with van der Waals surface area (Å²) in [4.78, 5) is 11.9. The molecule has 0 radical (unpaired) electrons. The number of carbonyl (C=O) groups is 1. The van der Waals surface area contributed by atoms with E-state index in [1.807, 2.05) is 0 Å². The molecule has 0 amide bonds. The first-order valence-electron chi connectivity index (χ1n) is 5.99. The Balaban J connectivity index is 3.25. The van der Waals surface area contributed by atoms with Crippen LogP contribution in [0.25, 0.3) is 0 Å². The van der Waals surface area contributed by atoms with E-state index in [0.717, 1.165) is 12.1 Å². The quantitative estimate of drug-likeness (QED) is 0.857. The molecule has 5 heteroatoms. The topological polar surface area (TPSA) is 46.5 Å². The number of ether oxygens (including phenoxy) is 1. The van der Waals surface area contributed by atoms with Gasteiger partial charge in [0.1, 0.15) is 17.2 Å². The molecule has 106 valence electrons. The fourth-order valence-corrected chi connectivity index (χ4v) is 1.73. The number of aliphatic hydroxyl groups is 1. The number of rotatable bonds is 4. The molecular weight excluding hydrogens is 254 g/mol. The summed E-state index contributed by atoms with van der Waals surface area (Å²) in [5.74, 6) is -2.29. The summed E-state index contributed by atoms with van der Waals surface area (Å²) < 4.78 is 31.6. The molecule has 0 bridgehead atoms. The molecular formula is C14H18F2O3. The Morgan fingerprint density at radius 2 is 1.89 bits per heavy atom. The Kier molecular flexibility index (Phi) is 4.30. The number of carbonyl (C=O) groups excluding carboxylic acids is 1. The predicted octanol–water partition coefficient (Wildman–Crippen LogP) is 2.76. The van der Waals surface area contributed by atoms with Crippen molar-refractivity contribution in [1.82, 2.24) is 0 Å². The first-order chi connectivity index (χ1) is 8.64. The van der Waals surface area contributed by atoms with E-state index in [-0.39, 0.29) is 12.2 Å². The number of esters is 1. The standard InChI is InChI=1S/C14H18F2O3/c1-5-19-12(17)13(2,3)14(4,18)10-7-6-9(15)8-11(10)16/h6-8,18H,5H2,1-4H3. The fourth-order valence-electron chi connectivity index (χ4n) is 1.73. The van der Waals surface area contributed by atoms with Gasteiger partial charge in [-0.3, -0.25) is 4.79 Å². The number of halogens is 2. The largest absolute Gasteiger partial charge is 0.465 e. The van der Waals surface area contributed by atoms with Gasteiger partial charge in [-0.2, -0.15) is 0 Å². The highest BCUT2D eigenvalue weighted by Gasteiger charge is 2.49. The van der Waals surface area contributed by atoms with Crippen LogP contribution in [0.3, 0.4) is 0 Å². The maximum Gasteiger partial charge on any atom is 0.314 e. The van der Waals surface area contributed by atoms with Crippen LogP contribution in [0.4, 0.5) is 8.78 Å². The minimum absolute atomic E-state index is 0.146. The molecule has 0 saturated carbocycles. The van der Waals surface area contributed by atoms with Crippen LogP contribution in [-0.4, -0.2) is 17.7 Å². The van der Waals surface area contributed by atoms with Gasteiger partial charge in [-0.1, -0.05) is 6.07 Å². The summed E-state index contributed by atoms with van der Waals surface area (Å²) in [6.45, 7) is 6.01. The normalized spacial score (nSPS) is 14.9. The van der Waals surface area contributed by atoms with Crippen LogP contribution in [0, 0.1) is 17.0 Å². The Hall–Kier alpha value is -1.49. The maximum absolute atomic E-state index is 13.8. The predicted molar refractivity (Wildman–Crippen MR) is 66.3 cm³/mol. The van der Waals surface area contributed by atoms with Crippen molar-refractivity contribution in [3.05, 3.63) is 35.4 Å². The first kappa shape index (κ1) is 15.6. The molecule has 0 aliphatic heterocycles. The Morgan fingerprint density at radius 1 is 1.32 bits per heavy atom. The van der Waals surface area contributed by atoms with Crippen molar-refractivity contribution in [1.29, 1.82) is 0 Å². The van der Waals surface area contributed by atoms with E-state index in [4.69, 9.17) is 4.74 Å². The van der Waals surface area contributed by atoms with Crippen molar-refractivity contribution < 1.29 is 23.4 Å². The molecule has 3 nitrogen and oxygen atoms in total. The van der Waals surface area contributed by atoms with Gasteiger partial charge >= 0.3 is 5.97 Å². The molecule has 1 rings (SSSR count). The minimum Gasteiger partial charge on any atom is -0.465 e. The van der Waals surface area contributed by atoms with Gasteiger partial charge in [0.25, 0.3) is 0 Å². The molecule has 19 heavy (non-hydrogen) atoms. The number of hydrogen-bond donors (Lipinski definition) is 1. The van der Waals surface area contributed by atoms with Gasteiger partial charge in [0.05, 0.1) is 12.0 Å². The SMILES string of the molecule is CCOC(=O)C(C)(C)C(C)(O)c1ccc(F)cc1F. The zero-order valence-corrected chi connectivity index (χ0v) is 11.5. The fraction of sp³-hybridized carbons (Fsp3) is 0.500. The summed E-state index contributed by atoms with van der Waals surface area (Å²) in [5, 5.41) is 10.5. The third-order valence-corrected chi connectivity index (χ3v) is 3.46. The van der Waals surface area contributed by atoms with Crippen molar-refractivity contribution >= 4 is 5.97 Å². The second-order valence-corrected chi connectivity index (χ2v) is 5.04. The van der Waals surface area contributed by atoms with Crippen LogP contribution in [0.1, 0.15) is 33.3 Å². The minimum atomic E-state index is -1.82. The average Bonchev–Trinajstić information content (AvgIpc) is 2.28. The van der Waals surface area contributed by atoms with Gasteiger partial charge in [0.15, 0.2) is 0 Å². The molecule has 0 aliphatic carbocycles. The van der Waals surface area contributed by atoms with E-state index in [1.54, 1.807) is 6.92 Å². The number of hydrogen-bond acceptors (Lipinski definition) is 3. The lowest BCUT2D eigenvalue weighted by Crippen LogP contribution is -2.46. The summed E-state index contributed by atoms with van der Waals surface area (Å²) in [6.07, 6.45) is 0. The van der Waals surface area contributed by atoms with Crippen molar-refractivity contribution in [2.75, 3.05) is 6.61 Å². The van der Waals surface area contributed by atoms with E-state index in [1.165, 1.54) is 20.8 Å². The van der Waals surface area contributed by atoms with Crippen LogP contribution in [0.5, 0.6) is 0 Å². The lowest BCUT2D eigenvalue weighted by Gasteiger charge is -2.38. The van der Waals surface area contributed by atoms with Crippen LogP contribution in [0.15, 0.2) is 18.2 Å². The molecule has 0 aromatic heterocycles. The van der Waals surface area contributed by atoms with Gasteiger partial charge in [-0.25, -0.2) is 8.78 Å². The van der Waals surface area contributed by atoms with Gasteiger partial charge in [-0.15, -0.1) is 0 Å². The molecule has 1 aromatic carbocycles. The van der Waals surface area contributed by atoms with Crippen LogP contribution in [0.2, 0.25) is 0 Å². The van der Waals surface area contributed by atoms with E-state index in [2.05, 4.69) is 0 Å². The highest BCUT2D eigenvalue weighted by atomic mass is 19.1. The summed E-state index contributed by atoms with van der Waals surface area (Å²) in [7, 11) is 0. The van der Waals surface area contributed by atoms with Gasteiger partial charge in [0.2, 0.25) is 0 Å². The van der Waals surface area contributed by atoms with E-state index in [0.29, 0.717) is 6.07 Å². The van der Waals surface area contributed by atoms with Gasteiger partial charge in [0, 0.05) is 11.6 Å². The van der Waals surface area contributed by atoms with Crippen LogP contribution < -0.4 is 0 Å². The summed E-state index contributed by atoms with van der Waals surface area (Å²) in [5.41, 5.74) is -3.34. The average molecular weight is 272 g/mol. The first-order valence-corrected chi connectivity index (χ1v) is 5.99. The summed E-state index contributed by atoms with van der Waals surface area (Å²) >= 11 is 0. The van der Waals surface area contributed by atoms with E-state index >= 15 is 0 Å². The Morgan fingerprint density at radius 3 is 2.37 bits per heavy atom. The lowest BCUT2D eigenvalue weighted by atomic mass is 9.72. The Bertz CT molecular complexity index is 482. The lowest BCUT2D eigenvalue weighted by molar-refractivity contribution is -0.170. The van der Waals surface area contributed by atoms with Gasteiger partial charge < -0.3 is 9.84 Å². The monoisotopic (exact) mass is 272 g/mol. The van der Waals surface area contributed by atoms with Gasteiger partial charge in [-0.05, 0) is 33.8 Å². The van der Waals surface area contributed by atoms with Crippen molar-refractivity contribution in [3.8, 4) is 0 Å². The van der Waals surface area contributed by atoms with Crippen molar-refractivity contribution in [2.45, 2.75) is 33.3 Å². The Labute approximate surface area is 111 Å². The van der Waals surface area contributed by atoms with Crippen LogP contribution in [-0.2, 0) is 15.1 Å². The third kappa shape index (κ3) is 2.76. The van der Waals surface area contributed by atoms with E-state index in [9.17, 15) is 18.7 Å². The zero-order valence-electron chi connectivity index (χ0n) is 11.5. The number of benzene rings is 1. The smallest absolute Gasteiger partial charge is 0.314 e. The second-order valence-electron chi connectivity index (χ2n) is 5.04. The molecule has 0 spiro atoms. The summed E-state index contributed by atoms with van der Waals surface area (Å²) in [6, 6.07) is 2.84. The molecule has 1 atom stereocenters. The van der Waals surface area contributed by atoms with Crippen molar-refractivity contribution in [3.63, 3.8) is 0 Å². The van der Waals surface area contributed by atoms with Crippen molar-refractivity contribution in [2.24, 2.45) is 5.41 Å². The highest BCUT2D eigenvalue weighted by molar-refractivity contribution is 5.77. The van der Waals surface area contributed by atoms with E-state index < -0.39 is 28.6 Å². The maximum atomic E-state index is 13.8. The molecule has 0 heterocycles. The van der Waals surface area contributed by atoms with Crippen LogP contribution >= 0.6 is 0 Å². The third-order valence-electron chi connectivity index (χ3n) is 3.46. The molecule has 0 fully saturated rings. The molecule has 1 unspecified atom stereocenters.